The van der Waals surface area contributed by atoms with Crippen LogP contribution >= 0.6 is 0 Å². The van der Waals surface area contributed by atoms with E-state index in [-0.39, 0.29) is 5.91 Å². The lowest BCUT2D eigenvalue weighted by molar-refractivity contribution is -0.117. The molecule has 0 aliphatic heterocycles. The minimum Gasteiger partial charge on any atom is -0.489 e. The van der Waals surface area contributed by atoms with Gasteiger partial charge in [0.25, 0.3) is 0 Å². The van der Waals surface area contributed by atoms with E-state index in [9.17, 15) is 4.79 Å². The molecular weight excluding hydrogens is 298 g/mol. The third-order valence-electron chi connectivity index (χ3n) is 4.26. The Balaban J connectivity index is 1.48. The molecule has 0 bridgehead atoms. The maximum absolute atomic E-state index is 11.9. The van der Waals surface area contributed by atoms with E-state index in [4.69, 9.17) is 4.74 Å². The predicted molar refractivity (Wildman–Crippen MR) is 96.6 cm³/mol. The van der Waals surface area contributed by atoms with Crippen LogP contribution in [0.25, 0.3) is 6.08 Å². The van der Waals surface area contributed by atoms with Gasteiger partial charge in [-0.15, -0.1) is 0 Å². The molecule has 0 heterocycles. The number of carbonyl (C=O) groups excluding carboxylic acids is 1. The van der Waals surface area contributed by atoms with E-state index in [2.05, 4.69) is 5.32 Å². The minimum absolute atomic E-state index is 0.00805. The summed E-state index contributed by atoms with van der Waals surface area (Å²) in [6.07, 6.45) is 8.10. The molecule has 1 amide bonds. The largest absolute Gasteiger partial charge is 0.489 e. The zero-order valence-electron chi connectivity index (χ0n) is 13.8. The zero-order valence-corrected chi connectivity index (χ0v) is 13.8. The average molecular weight is 321 g/mol. The molecule has 2 aromatic rings. The van der Waals surface area contributed by atoms with Crippen LogP contribution < -0.4 is 10.1 Å². The van der Waals surface area contributed by atoms with Crippen LogP contribution in [0.3, 0.4) is 0 Å². The first-order valence-electron chi connectivity index (χ1n) is 8.55. The van der Waals surface area contributed by atoms with Crippen molar-refractivity contribution < 1.29 is 9.53 Å². The van der Waals surface area contributed by atoms with Crippen LogP contribution in [0.15, 0.2) is 60.7 Å². The second-order valence-electron chi connectivity index (χ2n) is 6.17. The van der Waals surface area contributed by atoms with Gasteiger partial charge in [-0.3, -0.25) is 4.79 Å². The minimum atomic E-state index is -0.00805. The maximum atomic E-state index is 11.9. The van der Waals surface area contributed by atoms with E-state index in [1.165, 1.54) is 12.8 Å². The van der Waals surface area contributed by atoms with Gasteiger partial charge >= 0.3 is 0 Å². The molecule has 0 atom stereocenters. The van der Waals surface area contributed by atoms with Gasteiger partial charge in [0.1, 0.15) is 12.4 Å². The summed E-state index contributed by atoms with van der Waals surface area (Å²) in [5.74, 6) is 0.817. The van der Waals surface area contributed by atoms with Gasteiger partial charge < -0.3 is 10.1 Å². The van der Waals surface area contributed by atoms with Crippen molar-refractivity contribution in [2.45, 2.75) is 38.3 Å². The number of hydrogen-bond donors (Lipinski definition) is 1. The lowest BCUT2D eigenvalue weighted by atomic mass is 10.2. The summed E-state index contributed by atoms with van der Waals surface area (Å²) in [6.45, 7) is 0.555. The molecule has 3 heteroatoms. The van der Waals surface area contributed by atoms with Crippen LogP contribution in [-0.4, -0.2) is 11.9 Å². The summed E-state index contributed by atoms with van der Waals surface area (Å²) >= 11 is 0. The number of rotatable bonds is 6. The molecule has 1 aliphatic carbocycles. The van der Waals surface area contributed by atoms with Crippen LogP contribution in [0.4, 0.5) is 0 Å². The molecule has 2 aromatic carbocycles. The summed E-state index contributed by atoms with van der Waals surface area (Å²) in [5.41, 5.74) is 2.13. The topological polar surface area (TPSA) is 38.3 Å². The van der Waals surface area contributed by atoms with Crippen molar-refractivity contribution in [3.63, 3.8) is 0 Å². The van der Waals surface area contributed by atoms with E-state index in [1.54, 1.807) is 6.08 Å². The van der Waals surface area contributed by atoms with Gasteiger partial charge in [0.05, 0.1) is 0 Å². The molecule has 1 aliphatic rings. The summed E-state index contributed by atoms with van der Waals surface area (Å²) in [4.78, 5) is 11.9. The third-order valence-corrected chi connectivity index (χ3v) is 4.26. The molecular formula is C21H23NO2. The summed E-state index contributed by atoms with van der Waals surface area (Å²) in [6, 6.07) is 18.2. The summed E-state index contributed by atoms with van der Waals surface area (Å²) in [5, 5.41) is 3.05. The Labute approximate surface area is 143 Å². The lowest BCUT2D eigenvalue weighted by Gasteiger charge is -2.09. The van der Waals surface area contributed by atoms with Crippen LogP contribution in [0.2, 0.25) is 0 Å². The van der Waals surface area contributed by atoms with Crippen molar-refractivity contribution >= 4 is 12.0 Å². The second kappa shape index (κ2) is 8.34. The van der Waals surface area contributed by atoms with E-state index in [1.807, 2.05) is 60.7 Å². The van der Waals surface area contributed by atoms with Crippen LogP contribution in [0, 0.1) is 0 Å². The first-order valence-corrected chi connectivity index (χ1v) is 8.55. The number of carbonyl (C=O) groups is 1. The smallest absolute Gasteiger partial charge is 0.244 e. The highest BCUT2D eigenvalue weighted by Crippen LogP contribution is 2.18. The Hall–Kier alpha value is -2.55. The van der Waals surface area contributed by atoms with E-state index < -0.39 is 0 Å². The number of hydrogen-bond acceptors (Lipinski definition) is 2. The lowest BCUT2D eigenvalue weighted by Crippen LogP contribution is -2.30. The standard InChI is InChI=1S/C21H23NO2/c23-21(22-19-8-4-5-9-19)15-12-17-10-13-20(14-11-17)24-16-18-6-2-1-3-7-18/h1-3,6-7,10-15,19H,4-5,8-9,16H2,(H,22,23). The zero-order chi connectivity index (χ0) is 16.6. The Morgan fingerprint density at radius 3 is 2.46 bits per heavy atom. The van der Waals surface area contributed by atoms with Gasteiger partial charge in [0.15, 0.2) is 0 Å². The molecule has 3 nitrogen and oxygen atoms in total. The fourth-order valence-electron chi connectivity index (χ4n) is 2.91. The van der Waals surface area contributed by atoms with Crippen molar-refractivity contribution in [1.29, 1.82) is 0 Å². The van der Waals surface area contributed by atoms with E-state index in [0.717, 1.165) is 29.7 Å². The average Bonchev–Trinajstić information content (AvgIpc) is 3.13. The first-order chi connectivity index (χ1) is 11.8. The monoisotopic (exact) mass is 321 g/mol. The van der Waals surface area contributed by atoms with Crippen molar-refractivity contribution in [3.8, 4) is 5.75 Å². The molecule has 0 saturated heterocycles. The van der Waals surface area contributed by atoms with Gasteiger partial charge in [0.2, 0.25) is 5.91 Å². The molecule has 0 aromatic heterocycles. The fraction of sp³-hybridized carbons (Fsp3) is 0.286. The molecule has 0 unspecified atom stereocenters. The van der Waals surface area contributed by atoms with Crippen LogP contribution in [0.1, 0.15) is 36.8 Å². The molecule has 3 rings (SSSR count). The van der Waals surface area contributed by atoms with Crippen LogP contribution in [0.5, 0.6) is 5.75 Å². The predicted octanol–water partition coefficient (Wildman–Crippen LogP) is 4.34. The second-order valence-corrected chi connectivity index (χ2v) is 6.17. The fourth-order valence-corrected chi connectivity index (χ4v) is 2.91. The Morgan fingerprint density at radius 2 is 1.75 bits per heavy atom. The highest BCUT2D eigenvalue weighted by Gasteiger charge is 2.15. The highest BCUT2D eigenvalue weighted by atomic mass is 16.5. The molecule has 1 fully saturated rings. The summed E-state index contributed by atoms with van der Waals surface area (Å²) < 4.78 is 5.76. The van der Waals surface area contributed by atoms with Crippen molar-refractivity contribution in [2.24, 2.45) is 0 Å². The third kappa shape index (κ3) is 4.98. The Bertz CT molecular complexity index is 671. The van der Waals surface area contributed by atoms with Crippen LogP contribution in [-0.2, 0) is 11.4 Å². The molecule has 24 heavy (non-hydrogen) atoms. The van der Waals surface area contributed by atoms with Gasteiger partial charge in [0, 0.05) is 12.1 Å². The van der Waals surface area contributed by atoms with Crippen molar-refractivity contribution in [3.05, 3.63) is 71.8 Å². The maximum Gasteiger partial charge on any atom is 0.244 e. The molecule has 124 valence electrons. The van der Waals surface area contributed by atoms with Gasteiger partial charge in [-0.05, 0) is 42.2 Å². The Kier molecular flexibility index (Phi) is 5.67. The van der Waals surface area contributed by atoms with Gasteiger partial charge in [-0.2, -0.15) is 0 Å². The number of amides is 1. The van der Waals surface area contributed by atoms with Gasteiger partial charge in [-0.1, -0.05) is 55.3 Å². The number of ether oxygens (including phenoxy) is 1. The van der Waals surface area contributed by atoms with E-state index in [0.29, 0.717) is 12.6 Å². The Morgan fingerprint density at radius 1 is 1.04 bits per heavy atom. The molecule has 1 saturated carbocycles. The van der Waals surface area contributed by atoms with E-state index >= 15 is 0 Å². The molecule has 1 N–H and O–H groups in total. The SMILES string of the molecule is O=C(C=Cc1ccc(OCc2ccccc2)cc1)NC1CCCC1. The quantitative estimate of drug-likeness (QED) is 0.804. The van der Waals surface area contributed by atoms with Crippen molar-refractivity contribution in [2.75, 3.05) is 0 Å². The highest BCUT2D eigenvalue weighted by molar-refractivity contribution is 5.91. The number of nitrogens with one attached hydrogen (secondary N) is 1. The van der Waals surface area contributed by atoms with Gasteiger partial charge in [-0.25, -0.2) is 0 Å². The number of benzene rings is 2. The summed E-state index contributed by atoms with van der Waals surface area (Å²) in [7, 11) is 0. The molecule has 0 spiro atoms. The first kappa shape index (κ1) is 16.3. The normalized spacial score (nSPS) is 14.8. The molecule has 0 radical (unpaired) electrons. The van der Waals surface area contributed by atoms with Crippen molar-refractivity contribution in [1.82, 2.24) is 5.32 Å².